The first-order chi connectivity index (χ1) is 13.9. The highest BCUT2D eigenvalue weighted by molar-refractivity contribution is 7.90. The summed E-state index contributed by atoms with van der Waals surface area (Å²) < 4.78 is 27.7. The summed E-state index contributed by atoms with van der Waals surface area (Å²) in [4.78, 5) is 16.6. The molecule has 3 rings (SSSR count). The lowest BCUT2D eigenvalue weighted by atomic mass is 10.1. The van der Waals surface area contributed by atoms with Crippen LogP contribution in [-0.2, 0) is 21.2 Å². The molecule has 7 heteroatoms. The van der Waals surface area contributed by atoms with Gasteiger partial charge in [0.1, 0.15) is 5.84 Å². The van der Waals surface area contributed by atoms with Gasteiger partial charge < -0.3 is 5.32 Å². The van der Waals surface area contributed by atoms with Crippen LogP contribution in [0.1, 0.15) is 43.2 Å². The molecule has 0 aliphatic carbocycles. The fourth-order valence-electron chi connectivity index (χ4n) is 3.12. The third kappa shape index (κ3) is 6.42. The zero-order valence-electron chi connectivity index (χ0n) is 16.6. The maximum absolute atomic E-state index is 12.6. The SMILES string of the molecule is Cc1ccc(CCC(=O)Nc2ccc(S(=O)(=O)NC3=NCCCCC3)cc2)cc1. The molecule has 0 aromatic heterocycles. The Bertz CT molecular complexity index is 965. The third-order valence-corrected chi connectivity index (χ3v) is 6.23. The lowest BCUT2D eigenvalue weighted by Crippen LogP contribution is -2.30. The highest BCUT2D eigenvalue weighted by Gasteiger charge is 2.17. The highest BCUT2D eigenvalue weighted by Crippen LogP contribution is 2.16. The molecular formula is C22H27N3O3S. The Balaban J connectivity index is 1.55. The zero-order chi connectivity index (χ0) is 20.7. The maximum Gasteiger partial charge on any atom is 0.262 e. The quantitative estimate of drug-likeness (QED) is 0.755. The van der Waals surface area contributed by atoms with Crippen molar-refractivity contribution in [2.45, 2.75) is 50.3 Å². The van der Waals surface area contributed by atoms with E-state index in [1.807, 2.05) is 31.2 Å². The molecule has 1 aliphatic rings. The lowest BCUT2D eigenvalue weighted by molar-refractivity contribution is -0.116. The van der Waals surface area contributed by atoms with Gasteiger partial charge in [-0.25, -0.2) is 8.42 Å². The molecule has 2 aromatic rings. The minimum absolute atomic E-state index is 0.105. The van der Waals surface area contributed by atoms with Crippen molar-refractivity contribution in [3.05, 3.63) is 59.7 Å². The van der Waals surface area contributed by atoms with Crippen molar-refractivity contribution in [2.75, 3.05) is 11.9 Å². The molecule has 29 heavy (non-hydrogen) atoms. The predicted molar refractivity (Wildman–Crippen MR) is 116 cm³/mol. The minimum atomic E-state index is -3.66. The van der Waals surface area contributed by atoms with E-state index in [4.69, 9.17) is 0 Å². The van der Waals surface area contributed by atoms with Gasteiger partial charge in [-0.05, 0) is 56.0 Å². The number of anilines is 1. The molecule has 6 nitrogen and oxygen atoms in total. The number of hydrogen-bond acceptors (Lipinski definition) is 4. The van der Waals surface area contributed by atoms with Gasteiger partial charge in [0.2, 0.25) is 5.91 Å². The Labute approximate surface area is 172 Å². The number of carbonyl (C=O) groups is 1. The standard InChI is InChI=1S/C22H27N3O3S/c1-17-6-8-18(9-7-17)10-15-22(26)24-19-11-13-20(14-12-19)29(27,28)25-21-5-3-2-4-16-23-21/h6-9,11-14H,2-5,10,15-16H2,1H3,(H,23,25)(H,24,26). The third-order valence-electron chi connectivity index (χ3n) is 4.84. The normalized spacial score (nSPS) is 14.6. The summed E-state index contributed by atoms with van der Waals surface area (Å²) >= 11 is 0. The topological polar surface area (TPSA) is 87.6 Å². The van der Waals surface area contributed by atoms with Gasteiger partial charge >= 0.3 is 0 Å². The van der Waals surface area contributed by atoms with Crippen molar-refractivity contribution < 1.29 is 13.2 Å². The zero-order valence-corrected chi connectivity index (χ0v) is 17.5. The minimum Gasteiger partial charge on any atom is -0.326 e. The Morgan fingerprint density at radius 1 is 1.00 bits per heavy atom. The predicted octanol–water partition coefficient (Wildman–Crippen LogP) is 3.82. The van der Waals surface area contributed by atoms with E-state index in [1.54, 1.807) is 12.1 Å². The second-order valence-electron chi connectivity index (χ2n) is 7.30. The van der Waals surface area contributed by atoms with Gasteiger partial charge in [0.05, 0.1) is 4.90 Å². The van der Waals surface area contributed by atoms with Crippen LogP contribution in [0.15, 0.2) is 58.4 Å². The summed E-state index contributed by atoms with van der Waals surface area (Å²) in [5.41, 5.74) is 2.87. The van der Waals surface area contributed by atoms with Gasteiger partial charge in [0.25, 0.3) is 10.0 Å². The van der Waals surface area contributed by atoms with E-state index in [0.717, 1.165) is 24.8 Å². The summed E-state index contributed by atoms with van der Waals surface area (Å²) in [6.07, 6.45) is 4.66. The van der Waals surface area contributed by atoms with Crippen molar-refractivity contribution in [1.82, 2.24) is 4.72 Å². The van der Waals surface area contributed by atoms with Crippen molar-refractivity contribution >= 4 is 27.5 Å². The second-order valence-corrected chi connectivity index (χ2v) is 8.99. The Morgan fingerprint density at radius 2 is 1.72 bits per heavy atom. The molecule has 0 radical (unpaired) electrons. The summed E-state index contributed by atoms with van der Waals surface area (Å²) in [5.74, 6) is 0.420. The van der Waals surface area contributed by atoms with Gasteiger partial charge in [-0.1, -0.05) is 36.2 Å². The van der Waals surface area contributed by atoms with Crippen LogP contribution in [-0.4, -0.2) is 26.7 Å². The molecule has 1 aliphatic heterocycles. The lowest BCUT2D eigenvalue weighted by Gasteiger charge is -2.11. The van der Waals surface area contributed by atoms with E-state index < -0.39 is 10.0 Å². The number of sulfonamides is 1. The van der Waals surface area contributed by atoms with Crippen molar-refractivity contribution in [3.63, 3.8) is 0 Å². The molecular weight excluding hydrogens is 386 g/mol. The average molecular weight is 414 g/mol. The van der Waals surface area contributed by atoms with Gasteiger partial charge in [0.15, 0.2) is 0 Å². The number of nitrogens with one attached hydrogen (secondary N) is 2. The summed E-state index contributed by atoms with van der Waals surface area (Å²) in [6.45, 7) is 2.69. The molecule has 0 saturated carbocycles. The van der Waals surface area contributed by atoms with E-state index in [9.17, 15) is 13.2 Å². The monoisotopic (exact) mass is 413 g/mol. The van der Waals surface area contributed by atoms with Crippen LogP contribution in [0.5, 0.6) is 0 Å². The molecule has 0 atom stereocenters. The van der Waals surface area contributed by atoms with E-state index in [-0.39, 0.29) is 10.8 Å². The number of benzene rings is 2. The van der Waals surface area contributed by atoms with Crippen molar-refractivity contribution in [1.29, 1.82) is 0 Å². The molecule has 0 fully saturated rings. The van der Waals surface area contributed by atoms with Gasteiger partial charge in [0, 0.05) is 25.1 Å². The largest absolute Gasteiger partial charge is 0.326 e. The number of carbonyl (C=O) groups excluding carboxylic acids is 1. The molecule has 0 bridgehead atoms. The van der Waals surface area contributed by atoms with Crippen molar-refractivity contribution in [3.8, 4) is 0 Å². The number of rotatable bonds is 6. The van der Waals surface area contributed by atoms with Crippen LogP contribution in [0.3, 0.4) is 0 Å². The van der Waals surface area contributed by atoms with Gasteiger partial charge in [-0.15, -0.1) is 0 Å². The number of aryl methyl sites for hydroxylation is 2. The van der Waals surface area contributed by atoms with Crippen molar-refractivity contribution in [2.24, 2.45) is 4.99 Å². The molecule has 1 amide bonds. The number of hydrogen-bond donors (Lipinski definition) is 2. The van der Waals surface area contributed by atoms with Gasteiger partial charge in [-0.3, -0.25) is 14.5 Å². The molecule has 0 spiro atoms. The Hall–Kier alpha value is -2.67. The van der Waals surface area contributed by atoms with E-state index in [2.05, 4.69) is 15.0 Å². The Morgan fingerprint density at radius 3 is 2.45 bits per heavy atom. The fraction of sp³-hybridized carbons (Fsp3) is 0.364. The summed E-state index contributed by atoms with van der Waals surface area (Å²) in [6, 6.07) is 14.3. The molecule has 0 saturated heterocycles. The number of aliphatic imine (C=N–C) groups is 1. The second kappa shape index (κ2) is 9.69. The molecule has 154 valence electrons. The number of amides is 1. The van der Waals surface area contributed by atoms with Crippen LogP contribution in [0.4, 0.5) is 5.69 Å². The Kier molecular flexibility index (Phi) is 7.04. The number of nitrogens with zero attached hydrogens (tertiary/aromatic N) is 1. The van der Waals surface area contributed by atoms with E-state index >= 15 is 0 Å². The average Bonchev–Trinajstić information content (AvgIpc) is 2.96. The molecule has 2 N–H and O–H groups in total. The van der Waals surface area contributed by atoms with E-state index in [1.165, 1.54) is 17.7 Å². The maximum atomic E-state index is 12.6. The molecule has 0 unspecified atom stereocenters. The van der Waals surface area contributed by atoms with Crippen LogP contribution in [0.25, 0.3) is 0 Å². The fourth-order valence-corrected chi connectivity index (χ4v) is 4.21. The summed E-state index contributed by atoms with van der Waals surface area (Å²) in [7, 11) is -3.66. The first-order valence-electron chi connectivity index (χ1n) is 9.94. The highest BCUT2D eigenvalue weighted by atomic mass is 32.2. The summed E-state index contributed by atoms with van der Waals surface area (Å²) in [5, 5.41) is 2.81. The van der Waals surface area contributed by atoms with Crippen LogP contribution < -0.4 is 10.0 Å². The van der Waals surface area contributed by atoms with Crippen LogP contribution >= 0.6 is 0 Å². The van der Waals surface area contributed by atoms with Gasteiger partial charge in [-0.2, -0.15) is 0 Å². The first kappa shape index (κ1) is 21.0. The molecule has 1 heterocycles. The first-order valence-corrected chi connectivity index (χ1v) is 11.4. The van der Waals surface area contributed by atoms with Crippen LogP contribution in [0, 0.1) is 6.92 Å². The van der Waals surface area contributed by atoms with Crippen LogP contribution in [0.2, 0.25) is 0 Å². The number of amidine groups is 1. The smallest absolute Gasteiger partial charge is 0.262 e. The van der Waals surface area contributed by atoms with E-state index in [0.29, 0.717) is 37.3 Å². The molecule has 2 aromatic carbocycles.